The first-order valence-electron chi connectivity index (χ1n) is 11.7. The second kappa shape index (κ2) is 9.50. The minimum Gasteiger partial charge on any atom is -0.406 e. The number of piperazine rings is 1. The Labute approximate surface area is 201 Å². The number of benzene rings is 2. The van der Waals surface area contributed by atoms with Gasteiger partial charge in [-0.15, -0.1) is 13.2 Å². The lowest BCUT2D eigenvalue weighted by molar-refractivity contribution is -0.274. The van der Waals surface area contributed by atoms with E-state index in [9.17, 15) is 22.8 Å². The number of anilines is 1. The number of hydrogen-bond acceptors (Lipinski definition) is 6. The molecule has 2 amide bonds. The Kier molecular flexibility index (Phi) is 6.41. The smallest absolute Gasteiger partial charge is 0.406 e. The van der Waals surface area contributed by atoms with Crippen molar-refractivity contribution in [2.24, 2.45) is 0 Å². The Morgan fingerprint density at radius 2 is 1.71 bits per heavy atom. The minimum absolute atomic E-state index is 0.0988. The van der Waals surface area contributed by atoms with Crippen LogP contribution in [0.25, 0.3) is 0 Å². The Balaban J connectivity index is 1.22. The molecule has 2 saturated heterocycles. The van der Waals surface area contributed by atoms with Crippen molar-refractivity contribution < 1.29 is 32.2 Å². The first-order chi connectivity index (χ1) is 16.8. The van der Waals surface area contributed by atoms with E-state index in [1.165, 1.54) is 17.0 Å². The lowest BCUT2D eigenvalue weighted by atomic mass is 10.1. The fourth-order valence-electron chi connectivity index (χ4n) is 4.94. The summed E-state index contributed by atoms with van der Waals surface area (Å²) in [4.78, 5) is 31.8. The van der Waals surface area contributed by atoms with Crippen LogP contribution in [-0.4, -0.2) is 73.4 Å². The Morgan fingerprint density at radius 3 is 2.37 bits per heavy atom. The van der Waals surface area contributed by atoms with E-state index in [2.05, 4.69) is 14.5 Å². The number of hydrogen-bond donors (Lipinski definition) is 0. The van der Waals surface area contributed by atoms with E-state index in [0.29, 0.717) is 50.5 Å². The first-order valence-corrected chi connectivity index (χ1v) is 11.7. The van der Waals surface area contributed by atoms with Gasteiger partial charge in [0.05, 0.1) is 29.5 Å². The zero-order valence-corrected chi connectivity index (χ0v) is 19.1. The molecule has 0 spiro atoms. The second-order valence-corrected chi connectivity index (χ2v) is 9.01. The van der Waals surface area contributed by atoms with Gasteiger partial charge in [-0.1, -0.05) is 18.2 Å². The lowest BCUT2D eigenvalue weighted by Gasteiger charge is -2.36. The van der Waals surface area contributed by atoms with Crippen LogP contribution in [0.5, 0.6) is 5.75 Å². The summed E-state index contributed by atoms with van der Waals surface area (Å²) in [7, 11) is 0. The molecule has 0 aromatic heterocycles. The highest BCUT2D eigenvalue weighted by Crippen LogP contribution is 2.33. The van der Waals surface area contributed by atoms with Crippen LogP contribution in [0.15, 0.2) is 42.5 Å². The summed E-state index contributed by atoms with van der Waals surface area (Å²) in [6.07, 6.45) is -3.02. The third kappa shape index (κ3) is 5.13. The number of carbonyl (C=O) groups is 2. The van der Waals surface area contributed by atoms with E-state index in [1.807, 2.05) is 12.1 Å². The van der Waals surface area contributed by atoms with Crippen molar-refractivity contribution in [3.05, 3.63) is 59.2 Å². The molecule has 3 heterocycles. The monoisotopic (exact) mass is 489 g/mol. The number of nitrogens with zero attached hydrogens (tertiary/aromatic N) is 3. The third-order valence-electron chi connectivity index (χ3n) is 6.66. The van der Waals surface area contributed by atoms with Gasteiger partial charge in [-0.3, -0.25) is 19.4 Å². The Morgan fingerprint density at radius 1 is 0.971 bits per heavy atom. The minimum atomic E-state index is -4.71. The molecule has 2 fully saturated rings. The molecule has 1 atom stereocenters. The van der Waals surface area contributed by atoms with Gasteiger partial charge in [0.15, 0.2) is 0 Å². The quantitative estimate of drug-likeness (QED) is 0.577. The van der Waals surface area contributed by atoms with Crippen LogP contribution >= 0.6 is 0 Å². The predicted octanol–water partition coefficient (Wildman–Crippen LogP) is 3.68. The van der Waals surface area contributed by atoms with Gasteiger partial charge in [-0.25, -0.2) is 0 Å². The van der Waals surface area contributed by atoms with Crippen molar-refractivity contribution in [2.75, 3.05) is 44.2 Å². The van der Waals surface area contributed by atoms with Crippen molar-refractivity contribution >= 4 is 17.5 Å². The van der Waals surface area contributed by atoms with Gasteiger partial charge >= 0.3 is 6.36 Å². The molecule has 0 bridgehead atoms. The summed E-state index contributed by atoms with van der Waals surface area (Å²) in [5.41, 5.74) is 2.56. The molecule has 7 nitrogen and oxygen atoms in total. The standard InChI is InChI=1S/C25H26F3N3O4/c26-25(27,28)35-18-8-6-17(7-9-18)15-29-10-12-30(13-11-29)21-5-1-4-20-22(21)24(33)31(23(20)32)16-19-3-2-14-34-19/h1,4-9,19H,2-3,10-16H2/t19-/m1/s1. The van der Waals surface area contributed by atoms with Crippen molar-refractivity contribution in [1.82, 2.24) is 9.80 Å². The summed E-state index contributed by atoms with van der Waals surface area (Å²) < 4.78 is 46.6. The molecule has 5 rings (SSSR count). The van der Waals surface area contributed by atoms with Crippen molar-refractivity contribution in [3.63, 3.8) is 0 Å². The normalized spacial score (nSPS) is 21.1. The summed E-state index contributed by atoms with van der Waals surface area (Å²) >= 11 is 0. The summed E-state index contributed by atoms with van der Waals surface area (Å²) in [5, 5.41) is 0. The fourth-order valence-corrected chi connectivity index (χ4v) is 4.94. The van der Waals surface area contributed by atoms with E-state index in [0.717, 1.165) is 24.1 Å². The zero-order chi connectivity index (χ0) is 24.6. The van der Waals surface area contributed by atoms with Gasteiger partial charge < -0.3 is 14.4 Å². The molecular weight excluding hydrogens is 463 g/mol. The van der Waals surface area contributed by atoms with Gasteiger partial charge in [-0.2, -0.15) is 0 Å². The maximum atomic E-state index is 13.2. The number of ether oxygens (including phenoxy) is 2. The molecule has 186 valence electrons. The number of alkyl halides is 3. The number of carbonyl (C=O) groups excluding carboxylic acids is 2. The van der Waals surface area contributed by atoms with E-state index in [4.69, 9.17) is 4.74 Å². The van der Waals surface area contributed by atoms with Crippen molar-refractivity contribution in [1.29, 1.82) is 0 Å². The summed E-state index contributed by atoms with van der Waals surface area (Å²) in [5.74, 6) is -0.768. The van der Waals surface area contributed by atoms with Gasteiger partial charge in [0.2, 0.25) is 0 Å². The van der Waals surface area contributed by atoms with E-state index < -0.39 is 6.36 Å². The molecule has 0 saturated carbocycles. The van der Waals surface area contributed by atoms with Gasteiger partial charge in [0, 0.05) is 39.3 Å². The largest absolute Gasteiger partial charge is 0.573 e. The molecule has 35 heavy (non-hydrogen) atoms. The number of fused-ring (bicyclic) bond motifs is 1. The van der Waals surface area contributed by atoms with Crippen LogP contribution in [-0.2, 0) is 11.3 Å². The van der Waals surface area contributed by atoms with Crippen LogP contribution in [0.3, 0.4) is 0 Å². The molecule has 2 aromatic rings. The summed E-state index contributed by atoms with van der Waals surface area (Å²) in [6, 6.07) is 11.3. The number of halogens is 3. The van der Waals surface area contributed by atoms with Gasteiger partial charge in [-0.05, 0) is 42.7 Å². The van der Waals surface area contributed by atoms with Gasteiger partial charge in [0.25, 0.3) is 11.8 Å². The van der Waals surface area contributed by atoms with Crippen molar-refractivity contribution in [3.8, 4) is 5.75 Å². The van der Waals surface area contributed by atoms with Crippen LogP contribution in [0.2, 0.25) is 0 Å². The van der Waals surface area contributed by atoms with E-state index >= 15 is 0 Å². The first kappa shape index (κ1) is 23.6. The maximum Gasteiger partial charge on any atom is 0.573 e. The van der Waals surface area contributed by atoms with Crippen molar-refractivity contribution in [2.45, 2.75) is 31.9 Å². The number of amides is 2. The topological polar surface area (TPSA) is 62.3 Å². The molecule has 0 aliphatic carbocycles. The highest BCUT2D eigenvalue weighted by atomic mass is 19.4. The average Bonchev–Trinajstić information content (AvgIpc) is 3.43. The predicted molar refractivity (Wildman–Crippen MR) is 121 cm³/mol. The average molecular weight is 489 g/mol. The third-order valence-corrected chi connectivity index (χ3v) is 6.66. The molecular formula is C25H26F3N3O4. The fraction of sp³-hybridized carbons (Fsp3) is 0.440. The van der Waals surface area contributed by atoms with Crippen LogP contribution < -0.4 is 9.64 Å². The Bertz CT molecular complexity index is 1090. The Hall–Kier alpha value is -3.11. The lowest BCUT2D eigenvalue weighted by Crippen LogP contribution is -2.46. The molecule has 3 aliphatic heterocycles. The molecule has 3 aliphatic rings. The zero-order valence-electron chi connectivity index (χ0n) is 19.1. The molecule has 0 N–H and O–H groups in total. The molecule has 0 radical (unpaired) electrons. The number of imide groups is 1. The number of rotatable bonds is 6. The highest BCUT2D eigenvalue weighted by Gasteiger charge is 2.40. The van der Waals surface area contributed by atoms with Gasteiger partial charge in [0.1, 0.15) is 5.75 Å². The van der Waals surface area contributed by atoms with Crippen LogP contribution in [0.4, 0.5) is 18.9 Å². The van der Waals surface area contributed by atoms with Crippen LogP contribution in [0, 0.1) is 0 Å². The summed E-state index contributed by atoms with van der Waals surface area (Å²) in [6.45, 7) is 4.30. The molecule has 0 unspecified atom stereocenters. The SMILES string of the molecule is O=C1c2cccc(N3CCN(Cc4ccc(OC(F)(F)F)cc4)CC3)c2C(=O)N1C[C@H]1CCCO1. The maximum absolute atomic E-state index is 13.2. The van der Waals surface area contributed by atoms with E-state index in [1.54, 1.807) is 18.2 Å². The molecule has 10 heteroatoms. The second-order valence-electron chi connectivity index (χ2n) is 9.01. The molecule has 2 aromatic carbocycles. The van der Waals surface area contributed by atoms with E-state index in [-0.39, 0.29) is 30.2 Å². The highest BCUT2D eigenvalue weighted by molar-refractivity contribution is 6.23. The van der Waals surface area contributed by atoms with Crippen LogP contribution in [0.1, 0.15) is 39.1 Å².